The summed E-state index contributed by atoms with van der Waals surface area (Å²) in [4.78, 5) is 0. The van der Waals surface area contributed by atoms with E-state index in [1.165, 1.54) is 18.4 Å². The molecular formula is C16H26BrNO. The normalized spacial score (nSPS) is 14.2. The summed E-state index contributed by atoms with van der Waals surface area (Å²) in [5.74, 6) is 1.57. The molecule has 108 valence electrons. The first-order valence-corrected chi connectivity index (χ1v) is 8.00. The molecule has 19 heavy (non-hydrogen) atoms. The van der Waals surface area contributed by atoms with Crippen molar-refractivity contribution in [2.45, 2.75) is 46.1 Å². The molecule has 2 unspecified atom stereocenters. The first-order chi connectivity index (χ1) is 9.13. The van der Waals surface area contributed by atoms with Crippen LogP contribution in [0.1, 0.15) is 51.6 Å². The smallest absolute Gasteiger partial charge is 0.124 e. The van der Waals surface area contributed by atoms with Gasteiger partial charge in [0, 0.05) is 16.1 Å². The van der Waals surface area contributed by atoms with E-state index in [-0.39, 0.29) is 0 Å². The van der Waals surface area contributed by atoms with Crippen LogP contribution in [0.15, 0.2) is 22.7 Å². The Labute approximate surface area is 126 Å². The van der Waals surface area contributed by atoms with E-state index in [0.717, 1.165) is 23.2 Å². The molecule has 0 aliphatic carbocycles. The Balaban J connectivity index is 3.01. The van der Waals surface area contributed by atoms with E-state index in [1.807, 2.05) is 0 Å². The Kier molecular flexibility index (Phi) is 7.47. The second-order valence-corrected chi connectivity index (χ2v) is 6.00. The van der Waals surface area contributed by atoms with Crippen LogP contribution in [0.3, 0.4) is 0 Å². The van der Waals surface area contributed by atoms with Gasteiger partial charge in [-0.1, -0.05) is 49.2 Å². The van der Waals surface area contributed by atoms with Gasteiger partial charge in [-0.2, -0.15) is 0 Å². The highest BCUT2D eigenvalue weighted by atomic mass is 79.9. The summed E-state index contributed by atoms with van der Waals surface area (Å²) in [5, 5.41) is 3.67. The molecule has 0 amide bonds. The van der Waals surface area contributed by atoms with E-state index in [0.29, 0.717) is 12.0 Å². The van der Waals surface area contributed by atoms with E-state index < -0.39 is 0 Å². The van der Waals surface area contributed by atoms with Gasteiger partial charge in [-0.15, -0.1) is 0 Å². The number of methoxy groups -OCH3 is 1. The molecule has 0 aliphatic heterocycles. The van der Waals surface area contributed by atoms with Crippen LogP contribution in [-0.4, -0.2) is 13.7 Å². The number of ether oxygens (including phenoxy) is 1. The molecule has 0 saturated heterocycles. The number of rotatable bonds is 8. The largest absolute Gasteiger partial charge is 0.496 e. The Morgan fingerprint density at radius 2 is 2.00 bits per heavy atom. The molecule has 0 saturated carbocycles. The Bertz CT molecular complexity index is 381. The lowest BCUT2D eigenvalue weighted by atomic mass is 9.90. The highest BCUT2D eigenvalue weighted by Gasteiger charge is 2.21. The van der Waals surface area contributed by atoms with Gasteiger partial charge in [0.05, 0.1) is 7.11 Å². The standard InChI is InChI=1S/C16H26BrNO/c1-5-7-12(3)16(18-10-6-2)14-9-8-13(17)11-15(14)19-4/h8-9,11-12,16,18H,5-7,10H2,1-4H3. The summed E-state index contributed by atoms with van der Waals surface area (Å²) in [5.41, 5.74) is 1.26. The molecule has 1 N–H and O–H groups in total. The topological polar surface area (TPSA) is 21.3 Å². The summed E-state index contributed by atoms with van der Waals surface area (Å²) in [6.45, 7) is 7.80. The van der Waals surface area contributed by atoms with E-state index in [9.17, 15) is 0 Å². The fourth-order valence-electron chi connectivity index (χ4n) is 2.48. The van der Waals surface area contributed by atoms with Crippen LogP contribution in [0.25, 0.3) is 0 Å². The lowest BCUT2D eigenvalue weighted by Crippen LogP contribution is -2.28. The minimum atomic E-state index is 0.364. The zero-order valence-electron chi connectivity index (χ0n) is 12.5. The van der Waals surface area contributed by atoms with E-state index in [4.69, 9.17) is 4.74 Å². The van der Waals surface area contributed by atoms with Crippen molar-refractivity contribution in [3.05, 3.63) is 28.2 Å². The van der Waals surface area contributed by atoms with Crippen LogP contribution in [0.4, 0.5) is 0 Å². The minimum Gasteiger partial charge on any atom is -0.496 e. The lowest BCUT2D eigenvalue weighted by molar-refractivity contribution is 0.342. The highest BCUT2D eigenvalue weighted by Crippen LogP contribution is 2.34. The molecule has 1 rings (SSSR count). The van der Waals surface area contributed by atoms with Crippen LogP contribution in [0.2, 0.25) is 0 Å². The zero-order valence-corrected chi connectivity index (χ0v) is 14.1. The first kappa shape index (κ1) is 16.5. The van der Waals surface area contributed by atoms with Gasteiger partial charge in [0.25, 0.3) is 0 Å². The summed E-state index contributed by atoms with van der Waals surface area (Å²) < 4.78 is 6.61. The average molecular weight is 328 g/mol. The number of nitrogens with one attached hydrogen (secondary N) is 1. The number of hydrogen-bond acceptors (Lipinski definition) is 2. The van der Waals surface area contributed by atoms with Gasteiger partial charge >= 0.3 is 0 Å². The van der Waals surface area contributed by atoms with Crippen LogP contribution in [0, 0.1) is 5.92 Å². The molecule has 0 fully saturated rings. The summed E-state index contributed by atoms with van der Waals surface area (Å²) in [7, 11) is 1.74. The van der Waals surface area contributed by atoms with Crippen molar-refractivity contribution < 1.29 is 4.74 Å². The van der Waals surface area contributed by atoms with Crippen molar-refractivity contribution in [2.75, 3.05) is 13.7 Å². The molecule has 1 aromatic carbocycles. The monoisotopic (exact) mass is 327 g/mol. The number of hydrogen-bond donors (Lipinski definition) is 1. The van der Waals surface area contributed by atoms with E-state index in [2.05, 4.69) is 60.2 Å². The summed E-state index contributed by atoms with van der Waals surface area (Å²) >= 11 is 3.51. The molecule has 0 aliphatic rings. The van der Waals surface area contributed by atoms with Crippen molar-refractivity contribution in [2.24, 2.45) is 5.92 Å². The Morgan fingerprint density at radius 3 is 2.58 bits per heavy atom. The average Bonchev–Trinajstić information content (AvgIpc) is 2.40. The van der Waals surface area contributed by atoms with Crippen LogP contribution in [-0.2, 0) is 0 Å². The molecule has 3 heteroatoms. The molecule has 2 atom stereocenters. The van der Waals surface area contributed by atoms with Crippen LogP contribution < -0.4 is 10.1 Å². The van der Waals surface area contributed by atoms with Gasteiger partial charge in [-0.05, 0) is 37.4 Å². The number of halogens is 1. The van der Waals surface area contributed by atoms with Gasteiger partial charge in [-0.3, -0.25) is 0 Å². The van der Waals surface area contributed by atoms with Crippen LogP contribution >= 0.6 is 15.9 Å². The zero-order chi connectivity index (χ0) is 14.3. The summed E-state index contributed by atoms with van der Waals surface area (Å²) in [6.07, 6.45) is 3.58. The SMILES string of the molecule is CCCNC(c1ccc(Br)cc1OC)C(C)CCC. The molecule has 0 bridgehead atoms. The third-order valence-electron chi connectivity index (χ3n) is 3.46. The molecular weight excluding hydrogens is 302 g/mol. The Hall–Kier alpha value is -0.540. The van der Waals surface area contributed by atoms with Crippen molar-refractivity contribution in [3.8, 4) is 5.75 Å². The second kappa shape index (κ2) is 8.60. The first-order valence-electron chi connectivity index (χ1n) is 7.20. The minimum absolute atomic E-state index is 0.364. The lowest BCUT2D eigenvalue weighted by Gasteiger charge is -2.27. The van der Waals surface area contributed by atoms with Gasteiger partial charge in [0.1, 0.15) is 5.75 Å². The van der Waals surface area contributed by atoms with Crippen molar-refractivity contribution in [3.63, 3.8) is 0 Å². The molecule has 0 radical (unpaired) electrons. The Morgan fingerprint density at radius 1 is 1.26 bits per heavy atom. The van der Waals surface area contributed by atoms with Gasteiger partial charge in [-0.25, -0.2) is 0 Å². The van der Waals surface area contributed by atoms with Crippen molar-refractivity contribution in [1.82, 2.24) is 5.32 Å². The second-order valence-electron chi connectivity index (χ2n) is 5.08. The maximum absolute atomic E-state index is 5.55. The van der Waals surface area contributed by atoms with Gasteiger partial charge in [0.2, 0.25) is 0 Å². The van der Waals surface area contributed by atoms with Crippen LogP contribution in [0.5, 0.6) is 5.75 Å². The molecule has 0 heterocycles. The predicted molar refractivity (Wildman–Crippen MR) is 85.8 cm³/mol. The predicted octanol–water partition coefficient (Wildman–Crippen LogP) is 4.93. The van der Waals surface area contributed by atoms with Gasteiger partial charge in [0.15, 0.2) is 0 Å². The fraction of sp³-hybridized carbons (Fsp3) is 0.625. The maximum Gasteiger partial charge on any atom is 0.124 e. The fourth-order valence-corrected chi connectivity index (χ4v) is 2.82. The van der Waals surface area contributed by atoms with E-state index >= 15 is 0 Å². The molecule has 2 nitrogen and oxygen atoms in total. The molecule has 0 spiro atoms. The van der Waals surface area contributed by atoms with Crippen molar-refractivity contribution in [1.29, 1.82) is 0 Å². The third kappa shape index (κ3) is 4.81. The maximum atomic E-state index is 5.55. The summed E-state index contributed by atoms with van der Waals surface area (Å²) in [6, 6.07) is 6.68. The van der Waals surface area contributed by atoms with Crippen molar-refractivity contribution >= 4 is 15.9 Å². The highest BCUT2D eigenvalue weighted by molar-refractivity contribution is 9.10. The van der Waals surface area contributed by atoms with Gasteiger partial charge < -0.3 is 10.1 Å². The molecule has 0 aromatic heterocycles. The quantitative estimate of drug-likeness (QED) is 0.730. The number of benzene rings is 1. The third-order valence-corrected chi connectivity index (χ3v) is 3.95. The molecule has 1 aromatic rings. The van der Waals surface area contributed by atoms with E-state index in [1.54, 1.807) is 7.11 Å².